The Balaban J connectivity index is 2.58. The third kappa shape index (κ3) is 1.74. The molecule has 0 unspecified atom stereocenters. The van der Waals surface area contributed by atoms with Gasteiger partial charge in [0.25, 0.3) is 0 Å². The zero-order valence-electron chi connectivity index (χ0n) is 7.24. The number of halogens is 2. The highest BCUT2D eigenvalue weighted by atomic mass is 35.5. The van der Waals surface area contributed by atoms with Crippen LogP contribution in [0.1, 0.15) is 0 Å². The molecule has 14 heavy (non-hydrogen) atoms. The average molecular weight is 224 g/mol. The van der Waals surface area contributed by atoms with Crippen molar-refractivity contribution in [3.05, 3.63) is 52.8 Å². The first-order valence-electron chi connectivity index (χ1n) is 4.14. The predicted octanol–water partition coefficient (Wildman–Crippen LogP) is 4.06. The summed E-state index contributed by atoms with van der Waals surface area (Å²) < 4.78 is 0. The molecular formula is C11H7Cl2N. The standard InChI is InChI=1S/C11H7Cl2N/c12-10-9(6-7-14-11(10)13)8-4-2-1-3-5-8/h1-7H. The fourth-order valence-electron chi connectivity index (χ4n) is 1.26. The molecule has 0 saturated heterocycles. The van der Waals surface area contributed by atoms with Gasteiger partial charge in [0.1, 0.15) is 5.15 Å². The summed E-state index contributed by atoms with van der Waals surface area (Å²) >= 11 is 11.9. The lowest BCUT2D eigenvalue weighted by molar-refractivity contribution is 1.33. The molecule has 0 atom stereocenters. The van der Waals surface area contributed by atoms with Gasteiger partial charge in [-0.2, -0.15) is 0 Å². The fraction of sp³-hybridized carbons (Fsp3) is 0. The summed E-state index contributed by atoms with van der Waals surface area (Å²) in [5, 5.41) is 0.841. The minimum Gasteiger partial charge on any atom is -0.243 e. The first kappa shape index (κ1) is 9.50. The molecule has 3 heteroatoms. The third-order valence-corrected chi connectivity index (χ3v) is 2.70. The lowest BCUT2D eigenvalue weighted by Gasteiger charge is -2.04. The predicted molar refractivity (Wildman–Crippen MR) is 59.7 cm³/mol. The number of pyridine rings is 1. The second-order valence-electron chi connectivity index (χ2n) is 2.83. The molecule has 0 aliphatic heterocycles. The van der Waals surface area contributed by atoms with Gasteiger partial charge in [-0.3, -0.25) is 0 Å². The number of benzene rings is 1. The van der Waals surface area contributed by atoms with Gasteiger partial charge in [-0.15, -0.1) is 0 Å². The van der Waals surface area contributed by atoms with E-state index in [-0.39, 0.29) is 0 Å². The number of hydrogen-bond donors (Lipinski definition) is 0. The van der Waals surface area contributed by atoms with Crippen molar-refractivity contribution < 1.29 is 0 Å². The van der Waals surface area contributed by atoms with E-state index in [1.165, 1.54) is 0 Å². The summed E-state index contributed by atoms with van der Waals surface area (Å²) in [4.78, 5) is 3.90. The quantitative estimate of drug-likeness (QED) is 0.665. The highest BCUT2D eigenvalue weighted by molar-refractivity contribution is 6.42. The van der Waals surface area contributed by atoms with Crippen LogP contribution >= 0.6 is 23.2 Å². The van der Waals surface area contributed by atoms with E-state index in [0.29, 0.717) is 10.2 Å². The van der Waals surface area contributed by atoms with Gasteiger partial charge in [-0.25, -0.2) is 4.98 Å². The average Bonchev–Trinajstić information content (AvgIpc) is 2.23. The SMILES string of the molecule is Clc1nccc(-c2ccccc2)c1Cl. The van der Waals surface area contributed by atoms with Crippen molar-refractivity contribution in [2.24, 2.45) is 0 Å². The monoisotopic (exact) mass is 223 g/mol. The van der Waals surface area contributed by atoms with Crippen molar-refractivity contribution in [1.82, 2.24) is 4.98 Å². The normalized spacial score (nSPS) is 10.1. The van der Waals surface area contributed by atoms with E-state index in [2.05, 4.69) is 4.98 Å². The molecule has 0 aliphatic carbocycles. The Morgan fingerprint density at radius 1 is 0.929 bits per heavy atom. The molecule has 0 fully saturated rings. The molecule has 1 aromatic heterocycles. The van der Waals surface area contributed by atoms with Crippen LogP contribution in [0.3, 0.4) is 0 Å². The number of aromatic nitrogens is 1. The molecule has 70 valence electrons. The largest absolute Gasteiger partial charge is 0.243 e. The zero-order valence-corrected chi connectivity index (χ0v) is 8.76. The van der Waals surface area contributed by atoms with Gasteiger partial charge in [0, 0.05) is 11.8 Å². The van der Waals surface area contributed by atoms with E-state index in [1.54, 1.807) is 6.20 Å². The van der Waals surface area contributed by atoms with Gasteiger partial charge in [-0.1, -0.05) is 53.5 Å². The Hall–Kier alpha value is -1.05. The van der Waals surface area contributed by atoms with Crippen LogP contribution < -0.4 is 0 Å². The summed E-state index contributed by atoms with van der Waals surface area (Å²) in [6, 6.07) is 11.7. The molecule has 0 aliphatic rings. The van der Waals surface area contributed by atoms with E-state index in [1.807, 2.05) is 36.4 Å². The minimum atomic E-state index is 0.341. The van der Waals surface area contributed by atoms with Gasteiger partial charge >= 0.3 is 0 Å². The summed E-state index contributed by atoms with van der Waals surface area (Å²) in [5.74, 6) is 0. The lowest BCUT2D eigenvalue weighted by atomic mass is 10.1. The highest BCUT2D eigenvalue weighted by Crippen LogP contribution is 2.31. The van der Waals surface area contributed by atoms with Crippen molar-refractivity contribution in [2.75, 3.05) is 0 Å². The van der Waals surface area contributed by atoms with Crippen molar-refractivity contribution in [1.29, 1.82) is 0 Å². The number of hydrogen-bond acceptors (Lipinski definition) is 1. The molecule has 1 nitrogen and oxygen atoms in total. The van der Waals surface area contributed by atoms with Crippen LogP contribution in [0.25, 0.3) is 11.1 Å². The molecular weight excluding hydrogens is 217 g/mol. The van der Waals surface area contributed by atoms with Crippen LogP contribution in [0.4, 0.5) is 0 Å². The highest BCUT2D eigenvalue weighted by Gasteiger charge is 2.06. The molecule has 0 saturated carbocycles. The Labute approximate surface area is 92.3 Å². The number of nitrogens with zero attached hydrogens (tertiary/aromatic N) is 1. The zero-order chi connectivity index (χ0) is 9.97. The molecule has 0 radical (unpaired) electrons. The van der Waals surface area contributed by atoms with E-state index in [4.69, 9.17) is 23.2 Å². The van der Waals surface area contributed by atoms with Crippen LogP contribution in [0.5, 0.6) is 0 Å². The summed E-state index contributed by atoms with van der Waals surface area (Å²) in [6.45, 7) is 0. The Kier molecular flexibility index (Phi) is 2.71. The Morgan fingerprint density at radius 3 is 2.36 bits per heavy atom. The van der Waals surface area contributed by atoms with Crippen molar-refractivity contribution in [2.45, 2.75) is 0 Å². The van der Waals surface area contributed by atoms with Crippen LogP contribution in [0, 0.1) is 0 Å². The first-order valence-corrected chi connectivity index (χ1v) is 4.90. The fourth-order valence-corrected chi connectivity index (χ4v) is 1.64. The van der Waals surface area contributed by atoms with E-state index < -0.39 is 0 Å². The van der Waals surface area contributed by atoms with E-state index in [0.717, 1.165) is 11.1 Å². The van der Waals surface area contributed by atoms with Crippen LogP contribution in [-0.4, -0.2) is 4.98 Å². The maximum absolute atomic E-state index is 6.03. The lowest BCUT2D eigenvalue weighted by Crippen LogP contribution is -1.82. The van der Waals surface area contributed by atoms with Crippen LogP contribution in [0.2, 0.25) is 10.2 Å². The van der Waals surface area contributed by atoms with Crippen molar-refractivity contribution >= 4 is 23.2 Å². The van der Waals surface area contributed by atoms with E-state index in [9.17, 15) is 0 Å². The van der Waals surface area contributed by atoms with Gasteiger partial charge in [0.2, 0.25) is 0 Å². The van der Waals surface area contributed by atoms with Gasteiger partial charge in [0.15, 0.2) is 0 Å². The molecule has 0 bridgehead atoms. The van der Waals surface area contributed by atoms with E-state index >= 15 is 0 Å². The summed E-state index contributed by atoms with van der Waals surface area (Å²) in [7, 11) is 0. The smallest absolute Gasteiger partial charge is 0.148 e. The second-order valence-corrected chi connectivity index (χ2v) is 3.57. The third-order valence-electron chi connectivity index (χ3n) is 1.93. The number of rotatable bonds is 1. The van der Waals surface area contributed by atoms with Gasteiger partial charge < -0.3 is 0 Å². The van der Waals surface area contributed by atoms with Crippen LogP contribution in [-0.2, 0) is 0 Å². The molecule has 0 spiro atoms. The van der Waals surface area contributed by atoms with Crippen LogP contribution in [0.15, 0.2) is 42.6 Å². The summed E-state index contributed by atoms with van der Waals surface area (Å²) in [6.07, 6.45) is 1.65. The first-order chi connectivity index (χ1) is 6.79. The van der Waals surface area contributed by atoms with Gasteiger partial charge in [-0.05, 0) is 11.6 Å². The molecule has 1 aromatic carbocycles. The topological polar surface area (TPSA) is 12.9 Å². The van der Waals surface area contributed by atoms with Gasteiger partial charge in [0.05, 0.1) is 5.02 Å². The molecule has 1 heterocycles. The van der Waals surface area contributed by atoms with Crippen molar-refractivity contribution in [3.63, 3.8) is 0 Å². The Bertz CT molecular complexity index is 440. The molecule has 2 rings (SSSR count). The molecule has 2 aromatic rings. The minimum absolute atomic E-state index is 0.341. The second kappa shape index (κ2) is 3.99. The summed E-state index contributed by atoms with van der Waals surface area (Å²) in [5.41, 5.74) is 1.95. The Morgan fingerprint density at radius 2 is 1.64 bits per heavy atom. The maximum atomic E-state index is 6.03. The van der Waals surface area contributed by atoms with Crippen molar-refractivity contribution in [3.8, 4) is 11.1 Å². The molecule has 0 N–H and O–H groups in total. The maximum Gasteiger partial charge on any atom is 0.148 e. The molecule has 0 amide bonds.